The molecule has 36 heavy (non-hydrogen) atoms. The fraction of sp³-hybridized carbons (Fsp3) is 0.296. The van der Waals surface area contributed by atoms with Gasteiger partial charge >= 0.3 is 5.69 Å². The van der Waals surface area contributed by atoms with Crippen molar-refractivity contribution in [2.45, 2.75) is 26.3 Å². The number of nitrogens with zero attached hydrogens (tertiary/aromatic N) is 5. The van der Waals surface area contributed by atoms with Crippen molar-refractivity contribution in [1.29, 1.82) is 0 Å². The molecule has 0 bridgehead atoms. The Hall–Kier alpha value is -4.27. The summed E-state index contributed by atoms with van der Waals surface area (Å²) in [5.41, 5.74) is 3.46. The van der Waals surface area contributed by atoms with Crippen LogP contribution in [-0.4, -0.2) is 44.6 Å². The first-order chi connectivity index (χ1) is 17.4. The lowest BCUT2D eigenvalue weighted by Gasteiger charge is -2.31. The van der Waals surface area contributed by atoms with Gasteiger partial charge in [-0.3, -0.25) is 18.7 Å². The number of aromatic nitrogens is 4. The van der Waals surface area contributed by atoms with E-state index in [2.05, 4.69) is 32.3 Å². The number of hydrogen-bond donors (Lipinski definition) is 1. The van der Waals surface area contributed by atoms with Crippen LogP contribution in [0.4, 0.5) is 5.69 Å². The Labute approximate surface area is 208 Å². The lowest BCUT2D eigenvalue weighted by atomic mass is 10.0. The van der Waals surface area contributed by atoms with Gasteiger partial charge in [-0.05, 0) is 31.4 Å². The summed E-state index contributed by atoms with van der Waals surface area (Å²) in [5, 5.41) is 3.03. The third-order valence-electron chi connectivity index (χ3n) is 6.60. The fourth-order valence-corrected chi connectivity index (χ4v) is 4.64. The van der Waals surface area contributed by atoms with Gasteiger partial charge < -0.3 is 10.2 Å². The lowest BCUT2D eigenvalue weighted by molar-refractivity contribution is -0.121. The summed E-state index contributed by atoms with van der Waals surface area (Å²) in [4.78, 5) is 49.7. The van der Waals surface area contributed by atoms with Gasteiger partial charge in [-0.1, -0.05) is 48.0 Å². The van der Waals surface area contributed by atoms with Crippen LogP contribution >= 0.6 is 0 Å². The highest BCUT2D eigenvalue weighted by atomic mass is 16.2. The normalized spacial score (nSPS) is 13.0. The van der Waals surface area contributed by atoms with Crippen LogP contribution in [0.15, 0.2) is 64.3 Å². The Kier molecular flexibility index (Phi) is 6.37. The molecular weight excluding hydrogens is 456 g/mol. The smallest absolute Gasteiger partial charge is 0.332 e. The molecule has 0 saturated carbocycles. The Bertz CT molecular complexity index is 1560. The van der Waals surface area contributed by atoms with Crippen LogP contribution in [-0.2, 0) is 24.8 Å². The number of carbonyl (C=O) groups is 1. The number of aryl methyl sites for hydroxylation is 3. The Morgan fingerprint density at radius 1 is 1.08 bits per heavy atom. The third kappa shape index (κ3) is 4.51. The van der Waals surface area contributed by atoms with E-state index in [-0.39, 0.29) is 17.6 Å². The number of amides is 1. The SMILES string of the molecule is Cc1ccc(-c2ncc3c(=O)n(CC(=O)NCCN4CCCc5ccccc54)c(=O)n(C)c3n2)cc1. The molecule has 2 aromatic carbocycles. The highest BCUT2D eigenvalue weighted by molar-refractivity contribution is 5.78. The van der Waals surface area contributed by atoms with Gasteiger partial charge in [0.25, 0.3) is 5.56 Å². The molecule has 184 valence electrons. The summed E-state index contributed by atoms with van der Waals surface area (Å²) >= 11 is 0. The number of carbonyl (C=O) groups excluding carboxylic acids is 1. The van der Waals surface area contributed by atoms with Gasteiger partial charge in [-0.25, -0.2) is 14.8 Å². The second-order valence-corrected chi connectivity index (χ2v) is 9.10. The van der Waals surface area contributed by atoms with Crippen LogP contribution in [0.3, 0.4) is 0 Å². The van der Waals surface area contributed by atoms with Gasteiger partial charge in [-0.15, -0.1) is 0 Å². The second-order valence-electron chi connectivity index (χ2n) is 9.10. The maximum Gasteiger partial charge on any atom is 0.332 e. The summed E-state index contributed by atoms with van der Waals surface area (Å²) < 4.78 is 2.22. The molecule has 1 amide bonds. The number of benzene rings is 2. The Morgan fingerprint density at radius 2 is 1.86 bits per heavy atom. The molecule has 4 aromatic rings. The van der Waals surface area contributed by atoms with Gasteiger partial charge in [0, 0.05) is 44.1 Å². The number of nitrogens with one attached hydrogen (secondary N) is 1. The fourth-order valence-electron chi connectivity index (χ4n) is 4.64. The first-order valence-electron chi connectivity index (χ1n) is 12.1. The van der Waals surface area contributed by atoms with Crippen LogP contribution in [0.5, 0.6) is 0 Å². The van der Waals surface area contributed by atoms with Crippen molar-refractivity contribution in [3.63, 3.8) is 0 Å². The van der Waals surface area contributed by atoms with Gasteiger partial charge in [-0.2, -0.15) is 0 Å². The van der Waals surface area contributed by atoms with Crippen molar-refractivity contribution in [3.8, 4) is 11.4 Å². The van der Waals surface area contributed by atoms with Crippen LogP contribution in [0, 0.1) is 6.92 Å². The summed E-state index contributed by atoms with van der Waals surface area (Å²) in [7, 11) is 1.54. The molecule has 1 N–H and O–H groups in total. The highest BCUT2D eigenvalue weighted by Crippen LogP contribution is 2.26. The summed E-state index contributed by atoms with van der Waals surface area (Å²) in [5.74, 6) is 0.0303. The molecule has 0 atom stereocenters. The molecule has 1 aliphatic heterocycles. The zero-order valence-corrected chi connectivity index (χ0v) is 20.4. The molecule has 0 aliphatic carbocycles. The lowest BCUT2D eigenvalue weighted by Crippen LogP contribution is -2.44. The first kappa shape index (κ1) is 23.5. The van der Waals surface area contributed by atoms with Crippen molar-refractivity contribution in [2.75, 3.05) is 24.5 Å². The van der Waals surface area contributed by atoms with Crippen molar-refractivity contribution in [1.82, 2.24) is 24.4 Å². The molecule has 1 aliphatic rings. The van der Waals surface area contributed by atoms with E-state index in [1.54, 1.807) is 0 Å². The Morgan fingerprint density at radius 3 is 2.67 bits per heavy atom. The molecule has 9 heteroatoms. The number of hydrogen-bond acceptors (Lipinski definition) is 6. The number of para-hydroxylation sites is 1. The minimum Gasteiger partial charge on any atom is -0.370 e. The average Bonchev–Trinajstić information content (AvgIpc) is 2.90. The maximum atomic E-state index is 13.1. The van der Waals surface area contributed by atoms with Gasteiger partial charge in [0.05, 0.1) is 0 Å². The number of rotatable bonds is 6. The molecule has 0 spiro atoms. The van der Waals surface area contributed by atoms with Crippen LogP contribution in [0.25, 0.3) is 22.4 Å². The van der Waals surface area contributed by atoms with E-state index in [1.165, 1.54) is 29.1 Å². The predicted molar refractivity (Wildman–Crippen MR) is 139 cm³/mol. The Balaban J connectivity index is 1.32. The summed E-state index contributed by atoms with van der Waals surface area (Å²) in [6.07, 6.45) is 3.55. The minimum atomic E-state index is -0.596. The highest BCUT2D eigenvalue weighted by Gasteiger charge is 2.18. The topological polar surface area (TPSA) is 102 Å². The third-order valence-corrected chi connectivity index (χ3v) is 6.60. The molecule has 0 radical (unpaired) electrons. The van der Waals surface area contributed by atoms with E-state index in [0.717, 1.165) is 35.1 Å². The summed E-state index contributed by atoms with van der Waals surface area (Å²) in [6, 6.07) is 16.0. The molecule has 2 aromatic heterocycles. The van der Waals surface area contributed by atoms with E-state index in [1.807, 2.05) is 43.3 Å². The van der Waals surface area contributed by atoms with E-state index < -0.39 is 17.2 Å². The monoisotopic (exact) mass is 484 g/mol. The summed E-state index contributed by atoms with van der Waals surface area (Å²) in [6.45, 7) is 3.63. The molecule has 5 rings (SSSR count). The van der Waals surface area contributed by atoms with Crippen LogP contribution in [0.1, 0.15) is 17.5 Å². The van der Waals surface area contributed by atoms with E-state index in [0.29, 0.717) is 18.9 Å². The van der Waals surface area contributed by atoms with Crippen LogP contribution < -0.4 is 21.5 Å². The van der Waals surface area contributed by atoms with E-state index in [9.17, 15) is 14.4 Å². The number of fused-ring (bicyclic) bond motifs is 2. The molecule has 0 saturated heterocycles. The van der Waals surface area contributed by atoms with Crippen LogP contribution in [0.2, 0.25) is 0 Å². The van der Waals surface area contributed by atoms with E-state index in [4.69, 9.17) is 0 Å². The largest absolute Gasteiger partial charge is 0.370 e. The minimum absolute atomic E-state index is 0.186. The maximum absolute atomic E-state index is 13.1. The van der Waals surface area contributed by atoms with Gasteiger partial charge in [0.15, 0.2) is 11.5 Å². The second kappa shape index (κ2) is 9.77. The molecular formula is C27H28N6O3. The molecule has 3 heterocycles. The zero-order chi connectivity index (χ0) is 25.2. The number of anilines is 1. The van der Waals surface area contributed by atoms with Crippen molar-refractivity contribution in [2.24, 2.45) is 7.05 Å². The first-order valence-corrected chi connectivity index (χ1v) is 12.1. The standard InChI is InChI=1S/C27H28N6O3/c1-18-9-11-20(12-10-18)24-29-16-21-25(30-24)31(2)27(36)33(26(21)35)17-23(34)28-13-15-32-14-5-7-19-6-3-4-8-22(19)32/h3-4,6,8-12,16H,5,7,13-15,17H2,1-2H3,(H,28,34). The van der Waals surface area contributed by atoms with E-state index >= 15 is 0 Å². The molecule has 9 nitrogen and oxygen atoms in total. The zero-order valence-electron chi connectivity index (χ0n) is 20.4. The quantitative estimate of drug-likeness (QED) is 0.449. The molecule has 0 fully saturated rings. The van der Waals surface area contributed by atoms with Crippen molar-refractivity contribution in [3.05, 3.63) is 86.7 Å². The molecule has 0 unspecified atom stereocenters. The van der Waals surface area contributed by atoms with Gasteiger partial charge in [0.2, 0.25) is 5.91 Å². The predicted octanol–water partition coefficient (Wildman–Crippen LogP) is 2.03. The average molecular weight is 485 g/mol. The van der Waals surface area contributed by atoms with Crippen molar-refractivity contribution >= 4 is 22.6 Å². The van der Waals surface area contributed by atoms with Crippen molar-refractivity contribution < 1.29 is 4.79 Å². The van der Waals surface area contributed by atoms with Gasteiger partial charge in [0.1, 0.15) is 11.9 Å².